The van der Waals surface area contributed by atoms with Crippen molar-refractivity contribution in [3.05, 3.63) is 29.8 Å². The molecule has 0 spiro atoms. The lowest BCUT2D eigenvalue weighted by Gasteiger charge is -2.30. The summed E-state index contributed by atoms with van der Waals surface area (Å²) >= 11 is 0. The second-order valence-corrected chi connectivity index (χ2v) is 6.26. The third-order valence-corrected chi connectivity index (χ3v) is 4.23. The van der Waals surface area contributed by atoms with Crippen LogP contribution < -0.4 is 10.6 Å². The van der Waals surface area contributed by atoms with Gasteiger partial charge in [0.25, 0.3) is 5.91 Å². The second kappa shape index (κ2) is 8.56. The van der Waals surface area contributed by atoms with Gasteiger partial charge in [-0.2, -0.15) is 0 Å². The Hall–Kier alpha value is -2.04. The highest BCUT2D eigenvalue weighted by molar-refractivity contribution is 5.94. The summed E-state index contributed by atoms with van der Waals surface area (Å²) in [5.74, 6) is 0.794. The van der Waals surface area contributed by atoms with Crippen LogP contribution in [0.5, 0.6) is 0 Å². The van der Waals surface area contributed by atoms with Gasteiger partial charge in [-0.1, -0.05) is 13.8 Å². The van der Waals surface area contributed by atoms with Gasteiger partial charge in [0.1, 0.15) is 0 Å². The third kappa shape index (κ3) is 5.27. The standard InChI is InChI=1S/C18H27N3O2/c1-3-10-19-17(22)13-20-16-6-4-15(5-7-16)18(23)21-11-8-14(2)9-12-21/h4-7,14,20H,3,8-13H2,1-2H3,(H,19,22). The number of likely N-dealkylation sites (tertiary alicyclic amines) is 1. The van der Waals surface area contributed by atoms with E-state index in [0.29, 0.717) is 18.0 Å². The van der Waals surface area contributed by atoms with Crippen LogP contribution >= 0.6 is 0 Å². The molecule has 2 amide bonds. The van der Waals surface area contributed by atoms with E-state index in [2.05, 4.69) is 17.6 Å². The van der Waals surface area contributed by atoms with E-state index in [-0.39, 0.29) is 18.4 Å². The fourth-order valence-corrected chi connectivity index (χ4v) is 2.63. The monoisotopic (exact) mass is 317 g/mol. The van der Waals surface area contributed by atoms with Crippen molar-refractivity contribution in [1.29, 1.82) is 0 Å². The number of amides is 2. The fraction of sp³-hybridized carbons (Fsp3) is 0.556. The summed E-state index contributed by atoms with van der Waals surface area (Å²) in [6.45, 7) is 6.89. The molecule has 0 bridgehead atoms. The van der Waals surface area contributed by atoms with Gasteiger partial charge < -0.3 is 15.5 Å². The Morgan fingerprint density at radius 1 is 1.17 bits per heavy atom. The van der Waals surface area contributed by atoms with Crippen LogP contribution in [0.25, 0.3) is 0 Å². The van der Waals surface area contributed by atoms with Crippen molar-refractivity contribution in [2.24, 2.45) is 5.92 Å². The first-order valence-corrected chi connectivity index (χ1v) is 8.50. The zero-order valence-electron chi connectivity index (χ0n) is 14.1. The Labute approximate surface area is 138 Å². The van der Waals surface area contributed by atoms with Crippen LogP contribution in [-0.2, 0) is 4.79 Å². The Morgan fingerprint density at radius 3 is 2.43 bits per heavy atom. The smallest absolute Gasteiger partial charge is 0.253 e. The number of hydrogen-bond acceptors (Lipinski definition) is 3. The minimum absolute atomic E-state index is 0.0190. The lowest BCUT2D eigenvalue weighted by molar-refractivity contribution is -0.119. The molecule has 5 nitrogen and oxygen atoms in total. The predicted octanol–water partition coefficient (Wildman–Crippen LogP) is 2.50. The zero-order valence-corrected chi connectivity index (χ0v) is 14.1. The van der Waals surface area contributed by atoms with Crippen LogP contribution in [0.1, 0.15) is 43.5 Å². The highest BCUT2D eigenvalue weighted by Gasteiger charge is 2.21. The van der Waals surface area contributed by atoms with Gasteiger partial charge in [-0.25, -0.2) is 0 Å². The number of nitrogens with one attached hydrogen (secondary N) is 2. The van der Waals surface area contributed by atoms with Gasteiger partial charge in [-0.15, -0.1) is 0 Å². The third-order valence-electron chi connectivity index (χ3n) is 4.23. The van der Waals surface area contributed by atoms with Crippen molar-refractivity contribution in [3.63, 3.8) is 0 Å². The molecule has 0 aliphatic carbocycles. The average molecular weight is 317 g/mol. The molecule has 0 unspecified atom stereocenters. The van der Waals surface area contributed by atoms with Gasteiger partial charge in [0, 0.05) is 30.9 Å². The normalized spacial score (nSPS) is 15.3. The molecule has 1 aromatic carbocycles. The summed E-state index contributed by atoms with van der Waals surface area (Å²) in [6, 6.07) is 7.36. The predicted molar refractivity (Wildman–Crippen MR) is 92.5 cm³/mol. The first-order valence-electron chi connectivity index (χ1n) is 8.50. The molecule has 1 aliphatic rings. The minimum Gasteiger partial charge on any atom is -0.376 e. The SMILES string of the molecule is CCCNC(=O)CNc1ccc(C(=O)N2CCC(C)CC2)cc1. The second-order valence-electron chi connectivity index (χ2n) is 6.26. The Kier molecular flexibility index (Phi) is 6.44. The van der Waals surface area contributed by atoms with Crippen LogP contribution in [0.4, 0.5) is 5.69 Å². The number of nitrogens with zero attached hydrogens (tertiary/aromatic N) is 1. The maximum absolute atomic E-state index is 12.4. The van der Waals surface area contributed by atoms with E-state index in [9.17, 15) is 9.59 Å². The molecular weight excluding hydrogens is 290 g/mol. The number of rotatable bonds is 6. The maximum atomic E-state index is 12.4. The molecule has 1 aromatic rings. The van der Waals surface area contributed by atoms with Crippen LogP contribution in [-0.4, -0.2) is 42.9 Å². The Morgan fingerprint density at radius 2 is 1.83 bits per heavy atom. The number of piperidine rings is 1. The lowest BCUT2D eigenvalue weighted by Crippen LogP contribution is -2.37. The van der Waals surface area contributed by atoms with E-state index < -0.39 is 0 Å². The molecular formula is C18H27N3O2. The molecule has 5 heteroatoms. The molecule has 0 aromatic heterocycles. The van der Waals surface area contributed by atoms with Gasteiger partial charge in [0.2, 0.25) is 5.91 Å². The number of hydrogen-bond donors (Lipinski definition) is 2. The van der Waals surface area contributed by atoms with Crippen LogP contribution in [0.3, 0.4) is 0 Å². The topological polar surface area (TPSA) is 61.4 Å². The van der Waals surface area contributed by atoms with Crippen molar-refractivity contribution < 1.29 is 9.59 Å². The van der Waals surface area contributed by atoms with Gasteiger partial charge in [-0.05, 0) is 49.4 Å². The van der Waals surface area contributed by atoms with Gasteiger partial charge >= 0.3 is 0 Å². The quantitative estimate of drug-likeness (QED) is 0.847. The molecule has 23 heavy (non-hydrogen) atoms. The molecule has 0 radical (unpaired) electrons. The summed E-state index contributed by atoms with van der Waals surface area (Å²) in [5.41, 5.74) is 1.56. The molecule has 126 valence electrons. The van der Waals surface area contributed by atoms with Crippen molar-refractivity contribution in [2.45, 2.75) is 33.1 Å². The summed E-state index contributed by atoms with van der Waals surface area (Å²) in [7, 11) is 0. The van der Waals surface area contributed by atoms with Gasteiger partial charge in [0.15, 0.2) is 0 Å². The van der Waals surface area contributed by atoms with Crippen LogP contribution in [0.2, 0.25) is 0 Å². The Bertz CT molecular complexity index is 520. The van der Waals surface area contributed by atoms with Crippen LogP contribution in [0, 0.1) is 5.92 Å². The summed E-state index contributed by atoms with van der Waals surface area (Å²) < 4.78 is 0. The van der Waals surface area contributed by atoms with Crippen molar-refractivity contribution in [1.82, 2.24) is 10.2 Å². The molecule has 2 N–H and O–H groups in total. The fourth-order valence-electron chi connectivity index (χ4n) is 2.63. The average Bonchev–Trinajstić information content (AvgIpc) is 2.58. The maximum Gasteiger partial charge on any atom is 0.253 e. The van der Waals surface area contributed by atoms with Crippen molar-refractivity contribution >= 4 is 17.5 Å². The highest BCUT2D eigenvalue weighted by atomic mass is 16.2. The van der Waals surface area contributed by atoms with E-state index in [4.69, 9.17) is 0 Å². The molecule has 1 aliphatic heterocycles. The van der Waals surface area contributed by atoms with Crippen molar-refractivity contribution in [2.75, 3.05) is 31.5 Å². The van der Waals surface area contributed by atoms with Crippen LogP contribution in [0.15, 0.2) is 24.3 Å². The van der Waals surface area contributed by atoms with E-state index >= 15 is 0 Å². The molecule has 0 atom stereocenters. The summed E-state index contributed by atoms with van der Waals surface area (Å²) in [6.07, 6.45) is 3.09. The van der Waals surface area contributed by atoms with E-state index in [1.54, 1.807) is 0 Å². The molecule has 2 rings (SSSR count). The first-order chi connectivity index (χ1) is 11.1. The first kappa shape index (κ1) is 17.3. The van der Waals surface area contributed by atoms with Gasteiger partial charge in [0.05, 0.1) is 6.54 Å². The van der Waals surface area contributed by atoms with E-state index in [1.807, 2.05) is 36.1 Å². The number of carbonyl (C=O) groups is 2. The zero-order chi connectivity index (χ0) is 16.7. The number of benzene rings is 1. The van der Waals surface area contributed by atoms with E-state index in [0.717, 1.165) is 38.0 Å². The molecule has 1 saturated heterocycles. The summed E-state index contributed by atoms with van der Waals surface area (Å²) in [5, 5.41) is 5.88. The van der Waals surface area contributed by atoms with E-state index in [1.165, 1.54) is 0 Å². The molecule has 1 fully saturated rings. The Balaban J connectivity index is 1.84. The van der Waals surface area contributed by atoms with Gasteiger partial charge in [-0.3, -0.25) is 9.59 Å². The highest BCUT2D eigenvalue weighted by Crippen LogP contribution is 2.19. The molecule has 1 heterocycles. The summed E-state index contributed by atoms with van der Waals surface area (Å²) in [4.78, 5) is 25.9. The molecule has 0 saturated carbocycles. The number of anilines is 1. The lowest BCUT2D eigenvalue weighted by atomic mass is 9.98. The number of carbonyl (C=O) groups excluding carboxylic acids is 2. The van der Waals surface area contributed by atoms with Crippen molar-refractivity contribution in [3.8, 4) is 0 Å². The minimum atomic E-state index is -0.0190. The largest absolute Gasteiger partial charge is 0.376 e.